The van der Waals surface area contributed by atoms with Crippen molar-refractivity contribution in [3.63, 3.8) is 0 Å². The van der Waals surface area contributed by atoms with Crippen LogP contribution in [0.25, 0.3) is 0 Å². The summed E-state index contributed by atoms with van der Waals surface area (Å²) in [6.45, 7) is 1.77. The van der Waals surface area contributed by atoms with Gasteiger partial charge in [0.05, 0.1) is 17.7 Å². The van der Waals surface area contributed by atoms with Crippen LogP contribution >= 0.6 is 0 Å². The molecular formula is C14H18FNO2. The fraction of sp³-hybridized carbons (Fsp3) is 0.500. The van der Waals surface area contributed by atoms with E-state index >= 15 is 0 Å². The molecule has 0 bridgehead atoms. The summed E-state index contributed by atoms with van der Waals surface area (Å²) in [6, 6.07) is 4.27. The highest BCUT2D eigenvalue weighted by Crippen LogP contribution is 2.19. The van der Waals surface area contributed by atoms with E-state index in [0.717, 1.165) is 24.8 Å². The Bertz CT molecular complexity index is 447. The van der Waals surface area contributed by atoms with Crippen molar-refractivity contribution in [2.24, 2.45) is 0 Å². The van der Waals surface area contributed by atoms with Gasteiger partial charge in [0.25, 0.3) is 5.91 Å². The van der Waals surface area contributed by atoms with Gasteiger partial charge in [0.2, 0.25) is 0 Å². The van der Waals surface area contributed by atoms with Gasteiger partial charge >= 0.3 is 0 Å². The van der Waals surface area contributed by atoms with Gasteiger partial charge < -0.3 is 10.4 Å². The lowest BCUT2D eigenvalue weighted by Gasteiger charge is -2.28. The van der Waals surface area contributed by atoms with Crippen LogP contribution in [0, 0.1) is 12.7 Å². The molecule has 2 rings (SSSR count). The van der Waals surface area contributed by atoms with E-state index in [1.54, 1.807) is 13.0 Å². The molecule has 0 aliphatic heterocycles. The van der Waals surface area contributed by atoms with E-state index < -0.39 is 17.8 Å². The second-order valence-electron chi connectivity index (χ2n) is 4.92. The van der Waals surface area contributed by atoms with Crippen molar-refractivity contribution in [3.8, 4) is 0 Å². The van der Waals surface area contributed by atoms with Crippen LogP contribution < -0.4 is 5.32 Å². The smallest absolute Gasteiger partial charge is 0.254 e. The third kappa shape index (κ3) is 2.88. The lowest BCUT2D eigenvalue weighted by Crippen LogP contribution is -2.45. The summed E-state index contributed by atoms with van der Waals surface area (Å²) in [7, 11) is 0. The molecule has 1 aromatic rings. The van der Waals surface area contributed by atoms with E-state index in [1.165, 1.54) is 12.1 Å². The summed E-state index contributed by atoms with van der Waals surface area (Å²) in [4.78, 5) is 11.9. The van der Waals surface area contributed by atoms with E-state index in [4.69, 9.17) is 0 Å². The maximum Gasteiger partial charge on any atom is 0.254 e. The molecule has 0 unspecified atom stereocenters. The van der Waals surface area contributed by atoms with Crippen molar-refractivity contribution in [3.05, 3.63) is 35.1 Å². The number of benzene rings is 1. The second kappa shape index (κ2) is 5.48. The molecule has 0 saturated heterocycles. The van der Waals surface area contributed by atoms with Crippen molar-refractivity contribution in [1.82, 2.24) is 5.32 Å². The first kappa shape index (κ1) is 13.0. The molecule has 1 amide bonds. The molecule has 98 valence electrons. The Balaban J connectivity index is 2.07. The molecule has 0 spiro atoms. The Morgan fingerprint density at radius 1 is 1.39 bits per heavy atom. The first-order valence-corrected chi connectivity index (χ1v) is 6.33. The van der Waals surface area contributed by atoms with Crippen LogP contribution in [0.2, 0.25) is 0 Å². The molecule has 2 N–H and O–H groups in total. The summed E-state index contributed by atoms with van der Waals surface area (Å²) in [5.74, 6) is -0.962. The van der Waals surface area contributed by atoms with Crippen molar-refractivity contribution in [2.45, 2.75) is 44.8 Å². The number of carbonyl (C=O) groups is 1. The summed E-state index contributed by atoms with van der Waals surface area (Å²) in [5, 5.41) is 12.5. The number of hydrogen-bond donors (Lipinski definition) is 2. The molecule has 0 aromatic heterocycles. The molecule has 4 heteroatoms. The summed E-state index contributed by atoms with van der Waals surface area (Å²) >= 11 is 0. The number of amides is 1. The molecule has 3 nitrogen and oxygen atoms in total. The molecule has 1 aromatic carbocycles. The van der Waals surface area contributed by atoms with Crippen LogP contribution in [0.4, 0.5) is 4.39 Å². The Morgan fingerprint density at radius 3 is 2.78 bits per heavy atom. The molecule has 0 heterocycles. The Hall–Kier alpha value is -1.42. The van der Waals surface area contributed by atoms with E-state index in [2.05, 4.69) is 5.32 Å². The topological polar surface area (TPSA) is 49.3 Å². The molecule has 18 heavy (non-hydrogen) atoms. The van der Waals surface area contributed by atoms with E-state index in [9.17, 15) is 14.3 Å². The van der Waals surface area contributed by atoms with E-state index in [-0.39, 0.29) is 11.6 Å². The van der Waals surface area contributed by atoms with Gasteiger partial charge in [0, 0.05) is 0 Å². The number of nitrogens with one attached hydrogen (secondary N) is 1. The zero-order valence-electron chi connectivity index (χ0n) is 10.4. The monoisotopic (exact) mass is 251 g/mol. The van der Waals surface area contributed by atoms with Crippen LogP contribution in [0.5, 0.6) is 0 Å². The third-order valence-corrected chi connectivity index (χ3v) is 3.42. The first-order chi connectivity index (χ1) is 8.58. The molecule has 1 saturated carbocycles. The molecule has 1 aliphatic rings. The van der Waals surface area contributed by atoms with Crippen molar-refractivity contribution in [1.29, 1.82) is 0 Å². The highest BCUT2D eigenvalue weighted by atomic mass is 19.1. The predicted molar refractivity (Wildman–Crippen MR) is 66.9 cm³/mol. The SMILES string of the molecule is Cc1ccc(C(=O)N[C@@H]2CCCC[C@H]2O)c(F)c1. The highest BCUT2D eigenvalue weighted by molar-refractivity contribution is 5.94. The molecule has 2 atom stereocenters. The minimum Gasteiger partial charge on any atom is -0.391 e. The Kier molecular flexibility index (Phi) is 3.97. The number of hydrogen-bond acceptors (Lipinski definition) is 2. The summed E-state index contributed by atoms with van der Waals surface area (Å²) in [5.41, 5.74) is 0.820. The largest absolute Gasteiger partial charge is 0.391 e. The third-order valence-electron chi connectivity index (χ3n) is 3.42. The number of halogens is 1. The Labute approximate surface area is 106 Å². The van der Waals surface area contributed by atoms with Gasteiger partial charge in [-0.2, -0.15) is 0 Å². The summed E-state index contributed by atoms with van der Waals surface area (Å²) in [6.07, 6.45) is 2.89. The maximum absolute atomic E-state index is 13.6. The number of aryl methyl sites for hydroxylation is 1. The van der Waals surface area contributed by atoms with Crippen LogP contribution in [-0.4, -0.2) is 23.2 Å². The van der Waals surface area contributed by atoms with Crippen molar-refractivity contribution >= 4 is 5.91 Å². The minimum absolute atomic E-state index is 0.0402. The standard InChI is InChI=1S/C14H18FNO2/c1-9-6-7-10(11(15)8-9)14(18)16-12-4-2-3-5-13(12)17/h6-8,12-13,17H,2-5H2,1H3,(H,16,18)/t12-,13-/m1/s1. The van der Waals surface area contributed by atoms with Crippen molar-refractivity contribution in [2.75, 3.05) is 0 Å². The normalized spacial score (nSPS) is 23.7. The zero-order chi connectivity index (χ0) is 13.1. The lowest BCUT2D eigenvalue weighted by molar-refractivity contribution is 0.0714. The van der Waals surface area contributed by atoms with Crippen molar-refractivity contribution < 1.29 is 14.3 Å². The first-order valence-electron chi connectivity index (χ1n) is 6.33. The zero-order valence-corrected chi connectivity index (χ0v) is 10.4. The van der Waals surface area contributed by atoms with Gasteiger partial charge in [-0.05, 0) is 37.5 Å². The number of aliphatic hydroxyl groups is 1. The molecule has 1 aliphatic carbocycles. The highest BCUT2D eigenvalue weighted by Gasteiger charge is 2.25. The Morgan fingerprint density at radius 2 is 2.11 bits per heavy atom. The average molecular weight is 251 g/mol. The lowest BCUT2D eigenvalue weighted by atomic mass is 9.92. The minimum atomic E-state index is -0.517. The maximum atomic E-state index is 13.6. The van der Waals surface area contributed by atoms with Gasteiger partial charge in [-0.15, -0.1) is 0 Å². The van der Waals surface area contributed by atoms with E-state index in [1.807, 2.05) is 0 Å². The van der Waals surface area contributed by atoms with Gasteiger partial charge in [-0.3, -0.25) is 4.79 Å². The van der Waals surface area contributed by atoms with Gasteiger partial charge in [0.15, 0.2) is 0 Å². The number of carbonyl (C=O) groups excluding carboxylic acids is 1. The fourth-order valence-corrected chi connectivity index (χ4v) is 2.33. The van der Waals surface area contributed by atoms with Crippen LogP contribution in [0.15, 0.2) is 18.2 Å². The summed E-state index contributed by atoms with van der Waals surface area (Å²) < 4.78 is 13.6. The molecular weight excluding hydrogens is 233 g/mol. The number of rotatable bonds is 2. The van der Waals surface area contributed by atoms with Crippen LogP contribution in [0.1, 0.15) is 41.6 Å². The van der Waals surface area contributed by atoms with Crippen LogP contribution in [0.3, 0.4) is 0 Å². The molecule has 0 radical (unpaired) electrons. The van der Waals surface area contributed by atoms with Gasteiger partial charge in [0.1, 0.15) is 5.82 Å². The van der Waals surface area contributed by atoms with Gasteiger partial charge in [-0.1, -0.05) is 18.9 Å². The molecule has 1 fully saturated rings. The number of aliphatic hydroxyl groups excluding tert-OH is 1. The average Bonchev–Trinajstić information content (AvgIpc) is 2.32. The predicted octanol–water partition coefficient (Wildman–Crippen LogP) is 2.17. The second-order valence-corrected chi connectivity index (χ2v) is 4.92. The van der Waals surface area contributed by atoms with E-state index in [0.29, 0.717) is 6.42 Å². The van der Waals surface area contributed by atoms with Crippen LogP contribution in [-0.2, 0) is 0 Å². The fourth-order valence-electron chi connectivity index (χ4n) is 2.33. The van der Waals surface area contributed by atoms with Gasteiger partial charge in [-0.25, -0.2) is 4.39 Å². The quantitative estimate of drug-likeness (QED) is 0.846.